The van der Waals surface area contributed by atoms with E-state index in [-0.39, 0.29) is 6.61 Å². The fourth-order valence-corrected chi connectivity index (χ4v) is 4.35. The second kappa shape index (κ2) is 10.1. The number of aliphatic hydroxyl groups is 1. The summed E-state index contributed by atoms with van der Waals surface area (Å²) in [6.07, 6.45) is -2.41. The SMILES string of the molecule is C=CCOC1OC2COC(c3ccccc3)OC2C(OCc2ccc3ccccc3c2)C1O. The highest BCUT2D eigenvalue weighted by Crippen LogP contribution is 2.36. The van der Waals surface area contributed by atoms with Crippen LogP contribution in [0.25, 0.3) is 10.8 Å². The summed E-state index contributed by atoms with van der Waals surface area (Å²) >= 11 is 0. The third kappa shape index (κ3) is 4.87. The number of hydrogen-bond donors (Lipinski definition) is 1. The summed E-state index contributed by atoms with van der Waals surface area (Å²) in [5.74, 6) is 0. The quantitative estimate of drug-likeness (QED) is 0.549. The van der Waals surface area contributed by atoms with Crippen LogP contribution < -0.4 is 0 Å². The molecule has 172 valence electrons. The standard InChI is InChI=1S/C27H28O6/c1-2-14-29-27-23(28)25(30-16-18-12-13-19-8-6-7-11-21(19)15-18)24-22(32-27)17-31-26(33-24)20-9-4-3-5-10-20/h2-13,15,22-28H,1,14,16-17H2. The molecule has 5 rings (SSSR count). The first-order valence-electron chi connectivity index (χ1n) is 11.2. The molecule has 0 bridgehead atoms. The molecule has 3 aromatic rings. The smallest absolute Gasteiger partial charge is 0.187 e. The number of aliphatic hydroxyl groups excluding tert-OH is 1. The van der Waals surface area contributed by atoms with E-state index in [9.17, 15) is 5.11 Å². The van der Waals surface area contributed by atoms with Crippen LogP contribution in [0.4, 0.5) is 0 Å². The molecule has 0 spiro atoms. The van der Waals surface area contributed by atoms with Gasteiger partial charge >= 0.3 is 0 Å². The molecule has 0 saturated carbocycles. The highest BCUT2D eigenvalue weighted by atomic mass is 16.8. The van der Waals surface area contributed by atoms with Crippen molar-refractivity contribution in [3.63, 3.8) is 0 Å². The van der Waals surface area contributed by atoms with Crippen LogP contribution in [-0.2, 0) is 30.3 Å². The van der Waals surface area contributed by atoms with E-state index in [2.05, 4.69) is 30.8 Å². The van der Waals surface area contributed by atoms with Crippen LogP contribution in [0.1, 0.15) is 17.4 Å². The van der Waals surface area contributed by atoms with Crippen LogP contribution in [0.3, 0.4) is 0 Å². The lowest BCUT2D eigenvalue weighted by Gasteiger charge is -2.47. The number of fused-ring (bicyclic) bond motifs is 2. The highest BCUT2D eigenvalue weighted by molar-refractivity contribution is 5.82. The Hall–Kier alpha value is -2.58. The van der Waals surface area contributed by atoms with E-state index in [1.807, 2.05) is 48.5 Å². The first-order valence-corrected chi connectivity index (χ1v) is 11.2. The molecule has 6 heteroatoms. The van der Waals surface area contributed by atoms with Gasteiger partial charge in [-0.05, 0) is 22.4 Å². The van der Waals surface area contributed by atoms with E-state index in [0.29, 0.717) is 13.2 Å². The minimum absolute atomic E-state index is 0.255. The van der Waals surface area contributed by atoms with Gasteiger partial charge in [0.15, 0.2) is 12.6 Å². The van der Waals surface area contributed by atoms with E-state index in [0.717, 1.165) is 16.5 Å². The zero-order valence-corrected chi connectivity index (χ0v) is 18.3. The van der Waals surface area contributed by atoms with Crippen molar-refractivity contribution in [2.75, 3.05) is 13.2 Å². The predicted octanol–water partition coefficient (Wildman–Crippen LogP) is 4.13. The third-order valence-electron chi connectivity index (χ3n) is 6.01. The van der Waals surface area contributed by atoms with Crippen molar-refractivity contribution in [2.45, 2.75) is 43.6 Å². The van der Waals surface area contributed by atoms with Crippen molar-refractivity contribution in [1.82, 2.24) is 0 Å². The van der Waals surface area contributed by atoms with Gasteiger partial charge in [-0.3, -0.25) is 0 Å². The second-order valence-corrected chi connectivity index (χ2v) is 8.29. The summed E-state index contributed by atoms with van der Waals surface area (Å²) < 4.78 is 30.1. The van der Waals surface area contributed by atoms with Gasteiger partial charge in [-0.15, -0.1) is 6.58 Å². The van der Waals surface area contributed by atoms with Gasteiger partial charge in [-0.1, -0.05) is 72.8 Å². The van der Waals surface area contributed by atoms with Gasteiger partial charge in [0.05, 0.1) is 19.8 Å². The topological polar surface area (TPSA) is 66.4 Å². The molecule has 6 atom stereocenters. The summed E-state index contributed by atoms with van der Waals surface area (Å²) in [7, 11) is 0. The molecular weight excluding hydrogens is 420 g/mol. The Morgan fingerprint density at radius 3 is 2.55 bits per heavy atom. The molecule has 3 aromatic carbocycles. The number of ether oxygens (including phenoxy) is 5. The molecular formula is C27H28O6. The summed E-state index contributed by atoms with van der Waals surface area (Å²) in [4.78, 5) is 0. The fourth-order valence-electron chi connectivity index (χ4n) is 4.35. The Kier molecular flexibility index (Phi) is 6.83. The molecule has 6 nitrogen and oxygen atoms in total. The van der Waals surface area contributed by atoms with Crippen molar-refractivity contribution in [2.24, 2.45) is 0 Å². The number of rotatable bonds is 7. The zero-order chi connectivity index (χ0) is 22.6. The van der Waals surface area contributed by atoms with E-state index >= 15 is 0 Å². The Labute approximate surface area is 193 Å². The van der Waals surface area contributed by atoms with Gasteiger partial charge in [-0.2, -0.15) is 0 Å². The first kappa shape index (κ1) is 22.2. The van der Waals surface area contributed by atoms with Crippen molar-refractivity contribution in [3.05, 3.63) is 96.6 Å². The van der Waals surface area contributed by atoms with Gasteiger partial charge in [0, 0.05) is 5.56 Å². The lowest BCUT2D eigenvalue weighted by molar-refractivity contribution is -0.365. The fraction of sp³-hybridized carbons (Fsp3) is 0.333. The maximum atomic E-state index is 11.1. The van der Waals surface area contributed by atoms with E-state index < -0.39 is 37.0 Å². The lowest BCUT2D eigenvalue weighted by atomic mass is 9.97. The van der Waals surface area contributed by atoms with Gasteiger partial charge in [0.25, 0.3) is 0 Å². The molecule has 6 unspecified atom stereocenters. The minimum atomic E-state index is -1.03. The molecule has 0 amide bonds. The van der Waals surface area contributed by atoms with E-state index in [4.69, 9.17) is 23.7 Å². The highest BCUT2D eigenvalue weighted by Gasteiger charge is 2.50. The van der Waals surface area contributed by atoms with Crippen molar-refractivity contribution in [1.29, 1.82) is 0 Å². The van der Waals surface area contributed by atoms with Crippen molar-refractivity contribution >= 4 is 10.8 Å². The summed E-state index contributed by atoms with van der Waals surface area (Å²) in [5.41, 5.74) is 1.92. The second-order valence-electron chi connectivity index (χ2n) is 8.29. The van der Waals surface area contributed by atoms with Gasteiger partial charge in [0.2, 0.25) is 0 Å². The van der Waals surface area contributed by atoms with Crippen molar-refractivity contribution in [3.8, 4) is 0 Å². The summed E-state index contributed by atoms with van der Waals surface area (Å²) in [6.45, 7) is 4.56. The van der Waals surface area contributed by atoms with Gasteiger partial charge in [-0.25, -0.2) is 0 Å². The van der Waals surface area contributed by atoms with Crippen molar-refractivity contribution < 1.29 is 28.8 Å². The average molecular weight is 449 g/mol. The maximum absolute atomic E-state index is 11.1. The molecule has 2 heterocycles. The molecule has 0 radical (unpaired) electrons. The van der Waals surface area contributed by atoms with Crippen LogP contribution in [0, 0.1) is 0 Å². The Morgan fingerprint density at radius 1 is 0.939 bits per heavy atom. The summed E-state index contributed by atoms with van der Waals surface area (Å²) in [6, 6.07) is 24.1. The Bertz CT molecular complexity index is 1070. The minimum Gasteiger partial charge on any atom is -0.385 e. The largest absolute Gasteiger partial charge is 0.385 e. The monoisotopic (exact) mass is 448 g/mol. The van der Waals surface area contributed by atoms with Crippen LogP contribution in [0.15, 0.2) is 85.5 Å². The predicted molar refractivity (Wildman–Crippen MR) is 123 cm³/mol. The van der Waals surface area contributed by atoms with E-state index in [1.54, 1.807) is 6.08 Å². The molecule has 2 aliphatic rings. The third-order valence-corrected chi connectivity index (χ3v) is 6.01. The molecule has 1 N–H and O–H groups in total. The zero-order valence-electron chi connectivity index (χ0n) is 18.3. The molecule has 0 aromatic heterocycles. The first-order chi connectivity index (χ1) is 16.2. The Balaban J connectivity index is 1.35. The van der Waals surface area contributed by atoms with Crippen LogP contribution >= 0.6 is 0 Å². The average Bonchev–Trinajstić information content (AvgIpc) is 2.87. The van der Waals surface area contributed by atoms with E-state index in [1.165, 1.54) is 5.39 Å². The maximum Gasteiger partial charge on any atom is 0.187 e. The van der Waals surface area contributed by atoms with Gasteiger partial charge in [0.1, 0.15) is 24.4 Å². The lowest BCUT2D eigenvalue weighted by Crippen LogP contribution is -2.63. The molecule has 2 aliphatic heterocycles. The summed E-state index contributed by atoms with van der Waals surface area (Å²) in [5, 5.41) is 13.4. The van der Waals surface area contributed by atoms with Crippen LogP contribution in [0.2, 0.25) is 0 Å². The molecule has 2 saturated heterocycles. The van der Waals surface area contributed by atoms with Crippen LogP contribution in [-0.4, -0.2) is 49.0 Å². The molecule has 2 fully saturated rings. The van der Waals surface area contributed by atoms with Crippen LogP contribution in [0.5, 0.6) is 0 Å². The van der Waals surface area contributed by atoms with Gasteiger partial charge < -0.3 is 28.8 Å². The Morgan fingerprint density at radius 2 is 1.73 bits per heavy atom. The number of hydrogen-bond acceptors (Lipinski definition) is 6. The molecule has 0 aliphatic carbocycles. The normalized spacial score (nSPS) is 29.5. The number of benzene rings is 3. The molecule has 33 heavy (non-hydrogen) atoms.